The second kappa shape index (κ2) is 8.66. The molecule has 0 bridgehead atoms. The Bertz CT molecular complexity index is 921. The lowest BCUT2D eigenvalue weighted by atomic mass is 9.69. The van der Waals surface area contributed by atoms with Crippen LogP contribution in [0.25, 0.3) is 0 Å². The van der Waals surface area contributed by atoms with Gasteiger partial charge < -0.3 is 23.9 Å². The molecule has 3 atom stereocenters. The molecule has 1 amide bonds. The topological polar surface area (TPSA) is 68.2 Å². The van der Waals surface area contributed by atoms with Gasteiger partial charge in [-0.15, -0.1) is 0 Å². The van der Waals surface area contributed by atoms with E-state index in [4.69, 9.17) is 13.9 Å². The molecule has 1 aliphatic carbocycles. The van der Waals surface area contributed by atoms with Gasteiger partial charge >= 0.3 is 6.09 Å². The predicted molar refractivity (Wildman–Crippen MR) is 131 cm³/mol. The fourth-order valence-corrected chi connectivity index (χ4v) is 11.8. The summed E-state index contributed by atoms with van der Waals surface area (Å²) in [6.07, 6.45) is 4.34. The van der Waals surface area contributed by atoms with Gasteiger partial charge in [0.25, 0.3) is 8.32 Å². The fraction of sp³-hybridized carbons (Fsp3) is 0.654. The van der Waals surface area contributed by atoms with Crippen LogP contribution in [-0.4, -0.2) is 50.3 Å². The van der Waals surface area contributed by atoms with Crippen LogP contribution >= 0.6 is 0 Å². The van der Waals surface area contributed by atoms with Crippen LogP contribution in [0, 0.1) is 0 Å². The van der Waals surface area contributed by atoms with Crippen molar-refractivity contribution >= 4 is 14.4 Å². The highest BCUT2D eigenvalue weighted by molar-refractivity contribution is 6.78. The molecule has 0 saturated heterocycles. The summed E-state index contributed by atoms with van der Waals surface area (Å²) in [6.45, 7) is 14.2. The maximum Gasteiger partial charge on any atom is 0.396 e. The Balaban J connectivity index is 1.71. The number of hydrogen-bond acceptors (Lipinski definition) is 5. The van der Waals surface area contributed by atoms with Gasteiger partial charge in [-0.2, -0.15) is 0 Å². The average molecular weight is 474 g/mol. The van der Waals surface area contributed by atoms with E-state index in [1.807, 2.05) is 23.1 Å². The third kappa shape index (κ3) is 3.68. The first-order chi connectivity index (χ1) is 15.6. The highest BCUT2D eigenvalue weighted by Gasteiger charge is 2.54. The molecule has 0 saturated carbocycles. The van der Waals surface area contributed by atoms with Gasteiger partial charge in [0.2, 0.25) is 0 Å². The molecule has 0 fully saturated rings. The fourth-order valence-electron chi connectivity index (χ4n) is 6.66. The Morgan fingerprint density at radius 1 is 1.18 bits per heavy atom. The molecule has 7 heteroatoms. The first-order valence-electron chi connectivity index (χ1n) is 12.3. The zero-order valence-corrected chi connectivity index (χ0v) is 22.1. The second-order valence-corrected chi connectivity index (χ2v) is 16.2. The summed E-state index contributed by atoms with van der Waals surface area (Å²) in [5.41, 5.74) is 2.81. The van der Waals surface area contributed by atoms with E-state index in [0.717, 1.165) is 23.3 Å². The Morgan fingerprint density at radius 3 is 2.45 bits per heavy atom. The maximum absolute atomic E-state index is 13.7. The van der Waals surface area contributed by atoms with E-state index < -0.39 is 14.4 Å². The summed E-state index contributed by atoms with van der Waals surface area (Å²) in [4.78, 5) is 15.5. The minimum absolute atomic E-state index is 0.172. The summed E-state index contributed by atoms with van der Waals surface area (Å²) in [5.74, 6) is 1.46. The Kier molecular flexibility index (Phi) is 6.33. The number of amides is 1. The number of rotatable bonds is 5. The average Bonchev–Trinajstić information content (AvgIpc) is 2.98. The second-order valence-electron chi connectivity index (χ2n) is 10.8. The number of methoxy groups -OCH3 is 1. The molecular weight excluding hydrogens is 434 g/mol. The van der Waals surface area contributed by atoms with Crippen molar-refractivity contribution < 1.29 is 23.8 Å². The van der Waals surface area contributed by atoms with Crippen LogP contribution in [0.2, 0.25) is 16.6 Å². The van der Waals surface area contributed by atoms with Crippen LogP contribution in [0.5, 0.6) is 11.5 Å². The van der Waals surface area contributed by atoms with Gasteiger partial charge in [-0.3, -0.25) is 0 Å². The van der Waals surface area contributed by atoms with Gasteiger partial charge in [0.05, 0.1) is 18.6 Å². The largest absolute Gasteiger partial charge is 0.503 e. The number of carbonyl (C=O) groups is 1. The van der Waals surface area contributed by atoms with Crippen molar-refractivity contribution in [2.24, 2.45) is 0 Å². The van der Waals surface area contributed by atoms with Crippen LogP contribution in [0.4, 0.5) is 4.79 Å². The van der Waals surface area contributed by atoms with Crippen LogP contribution in [0.15, 0.2) is 24.3 Å². The summed E-state index contributed by atoms with van der Waals surface area (Å²) < 4.78 is 18.5. The molecule has 0 aromatic heterocycles. The minimum Gasteiger partial charge on any atom is -0.503 e. The van der Waals surface area contributed by atoms with Gasteiger partial charge in [-0.25, -0.2) is 4.79 Å². The van der Waals surface area contributed by atoms with Crippen LogP contribution < -0.4 is 9.47 Å². The van der Waals surface area contributed by atoms with Crippen LogP contribution in [-0.2, 0) is 16.4 Å². The standard InChI is InChI=1S/C26H39NO5Si/c1-16(2)33(17(3)4,18(5)6)32-25(29)27-13-12-26-11-10-20(28)14-22(26)31-24-21(30-7)9-8-19(15-27)23(24)26/h8-11,16-18,20,22,28H,12-15H2,1-7H3/t20?,22-,26?/m1/s1. The first kappa shape index (κ1) is 24.1. The van der Waals surface area contributed by atoms with Crippen molar-refractivity contribution in [1.29, 1.82) is 0 Å². The van der Waals surface area contributed by atoms with Crippen LogP contribution in [0.3, 0.4) is 0 Å². The lowest BCUT2D eigenvalue weighted by molar-refractivity contribution is 0.0800. The summed E-state index contributed by atoms with van der Waals surface area (Å²) >= 11 is 0. The molecule has 0 radical (unpaired) electrons. The number of aliphatic hydroxyl groups excluding tert-OH is 1. The third-order valence-electron chi connectivity index (χ3n) is 8.19. The maximum atomic E-state index is 13.7. The van der Waals surface area contributed by atoms with Crippen molar-refractivity contribution in [3.8, 4) is 11.5 Å². The van der Waals surface area contributed by atoms with E-state index in [-0.39, 0.29) is 17.6 Å². The molecule has 2 heterocycles. The zero-order chi connectivity index (χ0) is 24.1. The molecule has 1 spiro atoms. The monoisotopic (exact) mass is 473 g/mol. The summed E-state index contributed by atoms with van der Waals surface area (Å²) in [7, 11) is -0.692. The Hall–Kier alpha value is -1.99. The predicted octanol–water partition coefficient (Wildman–Crippen LogP) is 5.53. The number of nitrogens with zero attached hydrogens (tertiary/aromatic N) is 1. The Morgan fingerprint density at radius 2 is 1.85 bits per heavy atom. The SMILES string of the molecule is COc1ccc2c3c1O[C@@H]1CC(O)C=CC31CCN(C(=O)O[Si](C(C)C)(C(C)C)C(C)C)C2. The van der Waals surface area contributed by atoms with Gasteiger partial charge in [-0.05, 0) is 34.7 Å². The van der Waals surface area contributed by atoms with E-state index in [2.05, 4.69) is 47.6 Å². The first-order valence-corrected chi connectivity index (χ1v) is 14.4. The number of ether oxygens (including phenoxy) is 2. The van der Waals surface area contributed by atoms with Gasteiger partial charge in [0, 0.05) is 25.1 Å². The van der Waals surface area contributed by atoms with Crippen molar-refractivity contribution in [3.05, 3.63) is 35.4 Å². The molecular formula is C26H39NO5Si. The van der Waals surface area contributed by atoms with Gasteiger partial charge in [-0.1, -0.05) is 59.8 Å². The summed E-state index contributed by atoms with van der Waals surface area (Å²) in [5, 5.41) is 10.3. The van der Waals surface area contributed by atoms with E-state index in [1.165, 1.54) is 0 Å². The molecule has 1 aromatic carbocycles. The van der Waals surface area contributed by atoms with Crippen molar-refractivity contribution in [2.75, 3.05) is 13.7 Å². The molecule has 6 nitrogen and oxygen atoms in total. The Labute approximate surface area is 199 Å². The molecule has 2 aliphatic heterocycles. The molecule has 3 aliphatic rings. The zero-order valence-electron chi connectivity index (χ0n) is 21.1. The van der Waals surface area contributed by atoms with Crippen molar-refractivity contribution in [3.63, 3.8) is 0 Å². The van der Waals surface area contributed by atoms with Crippen molar-refractivity contribution in [2.45, 2.75) is 95.2 Å². The van der Waals surface area contributed by atoms with Gasteiger partial charge in [0.1, 0.15) is 6.10 Å². The van der Waals surface area contributed by atoms with Crippen LogP contribution in [0.1, 0.15) is 65.5 Å². The number of benzene rings is 1. The van der Waals surface area contributed by atoms with E-state index in [1.54, 1.807) is 7.11 Å². The highest BCUT2D eigenvalue weighted by Crippen LogP contribution is 2.56. The van der Waals surface area contributed by atoms with Gasteiger partial charge in [0.15, 0.2) is 11.5 Å². The smallest absolute Gasteiger partial charge is 0.396 e. The number of hydrogen-bond donors (Lipinski definition) is 1. The molecule has 1 aromatic rings. The van der Waals surface area contributed by atoms with Crippen molar-refractivity contribution in [1.82, 2.24) is 4.90 Å². The van der Waals surface area contributed by atoms with E-state index in [9.17, 15) is 9.90 Å². The highest BCUT2D eigenvalue weighted by atomic mass is 28.4. The molecule has 4 rings (SSSR count). The normalized spacial score (nSPS) is 26.2. The number of aliphatic hydroxyl groups is 1. The van der Waals surface area contributed by atoms with E-state index >= 15 is 0 Å². The molecule has 1 N–H and O–H groups in total. The molecule has 182 valence electrons. The molecule has 2 unspecified atom stereocenters. The number of carbonyl (C=O) groups excluding carboxylic acids is 1. The lowest BCUT2D eigenvalue weighted by Crippen LogP contribution is -2.52. The lowest BCUT2D eigenvalue weighted by Gasteiger charge is -2.42. The third-order valence-corrected chi connectivity index (χ3v) is 14.1. The van der Waals surface area contributed by atoms with E-state index in [0.29, 0.717) is 41.9 Å². The minimum atomic E-state index is -2.34. The molecule has 33 heavy (non-hydrogen) atoms. The quantitative estimate of drug-likeness (QED) is 0.450. The summed E-state index contributed by atoms with van der Waals surface area (Å²) in [6, 6.07) is 3.97.